The molecular weight excluding hydrogens is 268 g/mol. The molecule has 106 valence electrons. The molecule has 0 aliphatic rings. The molecule has 3 aromatic rings. The fourth-order valence-electron chi connectivity index (χ4n) is 2.04. The van der Waals surface area contributed by atoms with Crippen molar-refractivity contribution >= 4 is 23.2 Å². The standard InChI is InChI=1S/C14H14N6O/c1-19(2)13-10(4-3-7-16-13)14(21)18-12-5-8-15-11-6-9-17-20(11)12/h3-9H,1-2H3,(H,18,21). The summed E-state index contributed by atoms with van der Waals surface area (Å²) in [6.07, 6.45) is 4.92. The third kappa shape index (κ3) is 2.40. The van der Waals surface area contributed by atoms with Crippen molar-refractivity contribution in [3.8, 4) is 0 Å². The first kappa shape index (κ1) is 13.0. The number of pyridine rings is 1. The SMILES string of the molecule is CN(C)c1ncccc1C(=O)Nc1ccnc2ccnn12. The van der Waals surface area contributed by atoms with E-state index in [0.29, 0.717) is 22.8 Å². The molecule has 0 radical (unpaired) electrons. The molecule has 1 N–H and O–H groups in total. The molecule has 0 unspecified atom stereocenters. The lowest BCUT2D eigenvalue weighted by molar-refractivity contribution is 0.102. The van der Waals surface area contributed by atoms with Crippen molar-refractivity contribution in [1.82, 2.24) is 19.6 Å². The Morgan fingerprint density at radius 1 is 1.14 bits per heavy atom. The molecule has 0 aliphatic carbocycles. The summed E-state index contributed by atoms with van der Waals surface area (Å²) in [6, 6.07) is 6.94. The Morgan fingerprint density at radius 3 is 2.81 bits per heavy atom. The first-order chi connectivity index (χ1) is 10.2. The highest BCUT2D eigenvalue weighted by Gasteiger charge is 2.15. The van der Waals surface area contributed by atoms with Crippen LogP contribution in [0.1, 0.15) is 10.4 Å². The van der Waals surface area contributed by atoms with Crippen LogP contribution in [0.3, 0.4) is 0 Å². The molecule has 0 saturated heterocycles. The van der Waals surface area contributed by atoms with Gasteiger partial charge in [-0.2, -0.15) is 9.61 Å². The number of rotatable bonds is 3. The Labute approximate surface area is 121 Å². The molecule has 3 heterocycles. The lowest BCUT2D eigenvalue weighted by atomic mass is 10.2. The van der Waals surface area contributed by atoms with Crippen LogP contribution >= 0.6 is 0 Å². The van der Waals surface area contributed by atoms with Crippen LogP contribution in [-0.2, 0) is 0 Å². The lowest BCUT2D eigenvalue weighted by Crippen LogP contribution is -2.20. The molecule has 7 nitrogen and oxygen atoms in total. The van der Waals surface area contributed by atoms with E-state index in [4.69, 9.17) is 0 Å². The van der Waals surface area contributed by atoms with Crippen LogP contribution in [0.2, 0.25) is 0 Å². The van der Waals surface area contributed by atoms with Crippen LogP contribution in [0, 0.1) is 0 Å². The molecule has 21 heavy (non-hydrogen) atoms. The number of anilines is 2. The van der Waals surface area contributed by atoms with Crippen molar-refractivity contribution in [2.75, 3.05) is 24.3 Å². The van der Waals surface area contributed by atoms with Gasteiger partial charge in [0.25, 0.3) is 5.91 Å². The summed E-state index contributed by atoms with van der Waals surface area (Å²) < 4.78 is 1.57. The van der Waals surface area contributed by atoms with Gasteiger partial charge in [-0.05, 0) is 18.2 Å². The molecule has 7 heteroatoms. The number of carbonyl (C=O) groups excluding carboxylic acids is 1. The van der Waals surface area contributed by atoms with Gasteiger partial charge in [0, 0.05) is 32.6 Å². The van der Waals surface area contributed by atoms with Gasteiger partial charge in [0.05, 0.1) is 11.8 Å². The molecule has 1 amide bonds. The second-order valence-electron chi connectivity index (χ2n) is 4.65. The predicted molar refractivity (Wildman–Crippen MR) is 79.5 cm³/mol. The number of fused-ring (bicyclic) bond motifs is 1. The quantitative estimate of drug-likeness (QED) is 0.786. The maximum Gasteiger partial charge on any atom is 0.260 e. The third-order valence-electron chi connectivity index (χ3n) is 2.99. The highest BCUT2D eigenvalue weighted by Crippen LogP contribution is 2.17. The largest absolute Gasteiger partial charge is 0.362 e. The van der Waals surface area contributed by atoms with Crippen molar-refractivity contribution in [1.29, 1.82) is 0 Å². The molecule has 0 atom stereocenters. The third-order valence-corrected chi connectivity index (χ3v) is 2.99. The number of hydrogen-bond acceptors (Lipinski definition) is 5. The van der Waals surface area contributed by atoms with E-state index in [1.807, 2.05) is 14.1 Å². The van der Waals surface area contributed by atoms with Gasteiger partial charge < -0.3 is 10.2 Å². The number of amides is 1. The van der Waals surface area contributed by atoms with Gasteiger partial charge in [0.2, 0.25) is 0 Å². The predicted octanol–water partition coefficient (Wildman–Crippen LogP) is 1.44. The minimum absolute atomic E-state index is 0.241. The highest BCUT2D eigenvalue weighted by molar-refractivity contribution is 6.07. The summed E-state index contributed by atoms with van der Waals surface area (Å²) >= 11 is 0. The number of hydrogen-bond donors (Lipinski definition) is 1. The van der Waals surface area contributed by atoms with Gasteiger partial charge >= 0.3 is 0 Å². The Bertz CT molecular complexity index is 795. The average molecular weight is 282 g/mol. The second kappa shape index (κ2) is 5.20. The molecule has 0 aromatic carbocycles. The topological polar surface area (TPSA) is 75.4 Å². The van der Waals surface area contributed by atoms with Gasteiger partial charge in [-0.3, -0.25) is 4.79 Å². The summed E-state index contributed by atoms with van der Waals surface area (Å²) in [7, 11) is 3.69. The summed E-state index contributed by atoms with van der Waals surface area (Å²) in [5.74, 6) is 0.930. The highest BCUT2D eigenvalue weighted by atomic mass is 16.1. The van der Waals surface area contributed by atoms with Gasteiger partial charge in [-0.15, -0.1) is 0 Å². The van der Waals surface area contributed by atoms with E-state index in [2.05, 4.69) is 20.4 Å². The van der Waals surface area contributed by atoms with E-state index in [-0.39, 0.29) is 5.91 Å². The molecule has 0 fully saturated rings. The Kier molecular flexibility index (Phi) is 3.23. The molecule has 0 bridgehead atoms. The fraction of sp³-hybridized carbons (Fsp3) is 0.143. The Morgan fingerprint density at radius 2 is 2.00 bits per heavy atom. The van der Waals surface area contributed by atoms with Crippen molar-refractivity contribution in [2.24, 2.45) is 0 Å². The summed E-state index contributed by atoms with van der Waals surface area (Å²) in [4.78, 5) is 22.6. The monoisotopic (exact) mass is 282 g/mol. The first-order valence-corrected chi connectivity index (χ1v) is 6.39. The Hall–Kier alpha value is -2.96. The smallest absolute Gasteiger partial charge is 0.260 e. The number of nitrogens with zero attached hydrogens (tertiary/aromatic N) is 5. The van der Waals surface area contributed by atoms with Gasteiger partial charge in [0.15, 0.2) is 5.65 Å². The molecule has 0 aliphatic heterocycles. The summed E-state index contributed by atoms with van der Waals surface area (Å²) in [5, 5.41) is 6.97. The molecule has 0 spiro atoms. The zero-order chi connectivity index (χ0) is 14.8. The van der Waals surface area contributed by atoms with Crippen LogP contribution < -0.4 is 10.2 Å². The van der Waals surface area contributed by atoms with Crippen LogP contribution in [0.4, 0.5) is 11.6 Å². The fourth-order valence-corrected chi connectivity index (χ4v) is 2.04. The lowest BCUT2D eigenvalue weighted by Gasteiger charge is -2.15. The normalized spacial score (nSPS) is 10.6. The van der Waals surface area contributed by atoms with Gasteiger partial charge in [0.1, 0.15) is 11.6 Å². The van der Waals surface area contributed by atoms with Crippen LogP contribution in [0.5, 0.6) is 0 Å². The van der Waals surface area contributed by atoms with Crippen molar-refractivity contribution < 1.29 is 4.79 Å². The van der Waals surface area contributed by atoms with E-state index in [1.165, 1.54) is 0 Å². The number of aromatic nitrogens is 4. The second-order valence-corrected chi connectivity index (χ2v) is 4.65. The van der Waals surface area contributed by atoms with Crippen LogP contribution in [0.15, 0.2) is 42.9 Å². The van der Waals surface area contributed by atoms with Crippen molar-refractivity contribution in [3.05, 3.63) is 48.4 Å². The van der Waals surface area contributed by atoms with E-state index in [1.54, 1.807) is 52.3 Å². The summed E-state index contributed by atoms with van der Waals surface area (Å²) in [5.41, 5.74) is 1.17. The van der Waals surface area contributed by atoms with Crippen LogP contribution in [-0.4, -0.2) is 39.6 Å². The molecule has 3 aromatic heterocycles. The van der Waals surface area contributed by atoms with E-state index >= 15 is 0 Å². The van der Waals surface area contributed by atoms with Crippen molar-refractivity contribution in [2.45, 2.75) is 0 Å². The van der Waals surface area contributed by atoms with Gasteiger partial charge in [-0.1, -0.05) is 0 Å². The molecule has 0 saturated carbocycles. The van der Waals surface area contributed by atoms with E-state index in [9.17, 15) is 4.79 Å². The minimum atomic E-state index is -0.241. The van der Waals surface area contributed by atoms with E-state index in [0.717, 1.165) is 0 Å². The minimum Gasteiger partial charge on any atom is -0.362 e. The maximum absolute atomic E-state index is 12.5. The molecule has 3 rings (SSSR count). The zero-order valence-electron chi connectivity index (χ0n) is 11.7. The summed E-state index contributed by atoms with van der Waals surface area (Å²) in [6.45, 7) is 0. The van der Waals surface area contributed by atoms with E-state index < -0.39 is 0 Å². The number of nitrogens with one attached hydrogen (secondary N) is 1. The van der Waals surface area contributed by atoms with Crippen LogP contribution in [0.25, 0.3) is 5.65 Å². The average Bonchev–Trinajstić information content (AvgIpc) is 2.96. The van der Waals surface area contributed by atoms with Gasteiger partial charge in [-0.25, -0.2) is 9.97 Å². The number of carbonyl (C=O) groups is 1. The Balaban J connectivity index is 1.95. The zero-order valence-corrected chi connectivity index (χ0v) is 11.7. The first-order valence-electron chi connectivity index (χ1n) is 6.39. The molecular formula is C14H14N6O. The van der Waals surface area contributed by atoms with Crippen molar-refractivity contribution in [3.63, 3.8) is 0 Å². The maximum atomic E-state index is 12.5.